The van der Waals surface area contributed by atoms with Gasteiger partial charge in [0.1, 0.15) is 0 Å². The minimum Gasteiger partial charge on any atom is -0.293 e. The first-order valence-electron chi connectivity index (χ1n) is 7.29. The SMILES string of the molecule is CSc1ccccc1C1CCCC2CCCCN21. The summed E-state index contributed by atoms with van der Waals surface area (Å²) in [6, 6.07) is 10.6. The van der Waals surface area contributed by atoms with Gasteiger partial charge in [-0.15, -0.1) is 11.8 Å². The van der Waals surface area contributed by atoms with E-state index in [0.29, 0.717) is 6.04 Å². The summed E-state index contributed by atoms with van der Waals surface area (Å²) < 4.78 is 0. The van der Waals surface area contributed by atoms with E-state index in [1.807, 2.05) is 11.8 Å². The van der Waals surface area contributed by atoms with Crippen molar-refractivity contribution in [1.82, 2.24) is 4.90 Å². The number of rotatable bonds is 2. The van der Waals surface area contributed by atoms with E-state index in [1.165, 1.54) is 50.0 Å². The van der Waals surface area contributed by atoms with E-state index >= 15 is 0 Å². The molecule has 2 heteroatoms. The first kappa shape index (κ1) is 12.6. The van der Waals surface area contributed by atoms with E-state index in [2.05, 4.69) is 35.4 Å². The highest BCUT2D eigenvalue weighted by Gasteiger charge is 2.33. The molecule has 2 atom stereocenters. The molecule has 0 aliphatic carbocycles. The molecule has 0 bridgehead atoms. The van der Waals surface area contributed by atoms with Crippen molar-refractivity contribution in [2.75, 3.05) is 12.8 Å². The topological polar surface area (TPSA) is 3.24 Å². The average Bonchev–Trinajstić information content (AvgIpc) is 2.46. The van der Waals surface area contributed by atoms with Crippen LogP contribution in [0.1, 0.15) is 50.1 Å². The zero-order chi connectivity index (χ0) is 12.4. The van der Waals surface area contributed by atoms with E-state index in [-0.39, 0.29) is 0 Å². The third kappa shape index (κ3) is 2.33. The number of nitrogens with zero attached hydrogens (tertiary/aromatic N) is 1. The van der Waals surface area contributed by atoms with E-state index in [9.17, 15) is 0 Å². The van der Waals surface area contributed by atoms with Gasteiger partial charge in [-0.05, 0) is 56.5 Å². The molecule has 2 aliphatic rings. The Morgan fingerprint density at radius 3 is 2.78 bits per heavy atom. The fraction of sp³-hybridized carbons (Fsp3) is 0.625. The van der Waals surface area contributed by atoms with Gasteiger partial charge in [0, 0.05) is 17.0 Å². The highest BCUT2D eigenvalue weighted by molar-refractivity contribution is 7.98. The molecule has 98 valence electrons. The van der Waals surface area contributed by atoms with Gasteiger partial charge in [0.15, 0.2) is 0 Å². The maximum atomic E-state index is 2.81. The average molecular weight is 261 g/mol. The first-order valence-corrected chi connectivity index (χ1v) is 8.51. The summed E-state index contributed by atoms with van der Waals surface area (Å²) in [5.74, 6) is 0. The minimum absolute atomic E-state index is 0.688. The van der Waals surface area contributed by atoms with Crippen molar-refractivity contribution in [2.24, 2.45) is 0 Å². The summed E-state index contributed by atoms with van der Waals surface area (Å²) in [5, 5.41) is 0. The maximum absolute atomic E-state index is 2.81. The van der Waals surface area contributed by atoms with Crippen molar-refractivity contribution in [2.45, 2.75) is 55.5 Å². The molecule has 2 saturated heterocycles. The van der Waals surface area contributed by atoms with Crippen LogP contribution in [0, 0.1) is 0 Å². The summed E-state index contributed by atoms with van der Waals surface area (Å²) in [4.78, 5) is 4.29. The highest BCUT2D eigenvalue weighted by atomic mass is 32.2. The number of hydrogen-bond donors (Lipinski definition) is 0. The Morgan fingerprint density at radius 2 is 1.89 bits per heavy atom. The Labute approximate surface area is 115 Å². The van der Waals surface area contributed by atoms with E-state index in [4.69, 9.17) is 0 Å². The van der Waals surface area contributed by atoms with Gasteiger partial charge in [-0.25, -0.2) is 0 Å². The molecule has 0 N–H and O–H groups in total. The molecule has 2 unspecified atom stereocenters. The van der Waals surface area contributed by atoms with Crippen LogP contribution in [0.3, 0.4) is 0 Å². The van der Waals surface area contributed by atoms with Gasteiger partial charge in [-0.2, -0.15) is 0 Å². The Bertz CT molecular complexity index is 402. The lowest BCUT2D eigenvalue weighted by Crippen LogP contribution is -2.44. The second-order valence-electron chi connectivity index (χ2n) is 5.58. The van der Waals surface area contributed by atoms with Gasteiger partial charge in [0.25, 0.3) is 0 Å². The number of piperidine rings is 2. The summed E-state index contributed by atoms with van der Waals surface area (Å²) in [6.07, 6.45) is 10.7. The highest BCUT2D eigenvalue weighted by Crippen LogP contribution is 2.41. The molecule has 0 amide bonds. The molecule has 1 nitrogen and oxygen atoms in total. The Balaban J connectivity index is 1.89. The molecule has 1 aromatic rings. The molecule has 1 aromatic carbocycles. The summed E-state index contributed by atoms with van der Waals surface area (Å²) >= 11 is 1.90. The predicted molar refractivity (Wildman–Crippen MR) is 79.2 cm³/mol. The lowest BCUT2D eigenvalue weighted by molar-refractivity contribution is 0.0506. The molecule has 2 heterocycles. The molecule has 0 radical (unpaired) electrons. The second-order valence-corrected chi connectivity index (χ2v) is 6.42. The molecule has 18 heavy (non-hydrogen) atoms. The van der Waals surface area contributed by atoms with Crippen LogP contribution in [0.25, 0.3) is 0 Å². The molecule has 3 rings (SSSR count). The van der Waals surface area contributed by atoms with Gasteiger partial charge in [0.2, 0.25) is 0 Å². The van der Waals surface area contributed by atoms with Crippen LogP contribution in [0.15, 0.2) is 29.2 Å². The number of fused-ring (bicyclic) bond motifs is 1. The summed E-state index contributed by atoms with van der Waals surface area (Å²) in [5.41, 5.74) is 1.58. The second kappa shape index (κ2) is 5.66. The predicted octanol–water partition coefficient (Wildman–Crippen LogP) is 4.49. The Morgan fingerprint density at radius 1 is 1.06 bits per heavy atom. The normalized spacial score (nSPS) is 28.9. The van der Waals surface area contributed by atoms with Crippen molar-refractivity contribution in [1.29, 1.82) is 0 Å². The smallest absolute Gasteiger partial charge is 0.0362 e. The first-order chi connectivity index (χ1) is 8.90. The van der Waals surface area contributed by atoms with Crippen LogP contribution in [-0.4, -0.2) is 23.7 Å². The third-order valence-electron chi connectivity index (χ3n) is 4.59. The van der Waals surface area contributed by atoms with Gasteiger partial charge in [-0.3, -0.25) is 4.90 Å². The molecule has 0 saturated carbocycles. The lowest BCUT2D eigenvalue weighted by atomic mass is 9.86. The van der Waals surface area contributed by atoms with Crippen molar-refractivity contribution < 1.29 is 0 Å². The minimum atomic E-state index is 0.688. The monoisotopic (exact) mass is 261 g/mol. The number of hydrogen-bond acceptors (Lipinski definition) is 2. The van der Waals surface area contributed by atoms with Crippen molar-refractivity contribution in [3.63, 3.8) is 0 Å². The largest absolute Gasteiger partial charge is 0.293 e. The van der Waals surface area contributed by atoms with Crippen molar-refractivity contribution in [3.05, 3.63) is 29.8 Å². The van der Waals surface area contributed by atoms with E-state index < -0.39 is 0 Å². The molecule has 2 aliphatic heterocycles. The molecular weight excluding hydrogens is 238 g/mol. The molecule has 0 aromatic heterocycles. The van der Waals surface area contributed by atoms with Crippen LogP contribution < -0.4 is 0 Å². The van der Waals surface area contributed by atoms with Crippen molar-refractivity contribution in [3.8, 4) is 0 Å². The maximum Gasteiger partial charge on any atom is 0.0362 e. The summed E-state index contributed by atoms with van der Waals surface area (Å²) in [6.45, 7) is 1.32. The van der Waals surface area contributed by atoms with Crippen molar-refractivity contribution >= 4 is 11.8 Å². The molecule has 0 spiro atoms. The number of thioether (sulfide) groups is 1. The van der Waals surface area contributed by atoms with Gasteiger partial charge in [-0.1, -0.05) is 24.6 Å². The standard InChI is InChI=1S/C16H23NS/c1-18-16-11-3-2-9-14(16)15-10-6-8-13-7-4-5-12-17(13)15/h2-3,9,11,13,15H,4-8,10,12H2,1H3. The van der Waals surface area contributed by atoms with Gasteiger partial charge in [0.05, 0.1) is 0 Å². The van der Waals surface area contributed by atoms with Crippen LogP contribution in [0.5, 0.6) is 0 Å². The van der Waals surface area contributed by atoms with Crippen LogP contribution in [0.2, 0.25) is 0 Å². The summed E-state index contributed by atoms with van der Waals surface area (Å²) in [7, 11) is 0. The quantitative estimate of drug-likeness (QED) is 0.722. The molecular formula is C16H23NS. The van der Waals surface area contributed by atoms with Gasteiger partial charge >= 0.3 is 0 Å². The fourth-order valence-corrected chi connectivity index (χ4v) is 4.39. The Kier molecular flexibility index (Phi) is 3.95. The zero-order valence-electron chi connectivity index (χ0n) is 11.3. The number of benzene rings is 1. The van der Waals surface area contributed by atoms with Crippen LogP contribution in [0.4, 0.5) is 0 Å². The molecule has 2 fully saturated rings. The van der Waals surface area contributed by atoms with Crippen LogP contribution in [-0.2, 0) is 0 Å². The fourth-order valence-electron chi connectivity index (χ4n) is 3.73. The van der Waals surface area contributed by atoms with Gasteiger partial charge < -0.3 is 0 Å². The zero-order valence-corrected chi connectivity index (χ0v) is 12.1. The third-order valence-corrected chi connectivity index (χ3v) is 5.40. The van der Waals surface area contributed by atoms with E-state index in [1.54, 1.807) is 5.56 Å². The Hall–Kier alpha value is -0.470. The van der Waals surface area contributed by atoms with Crippen LogP contribution >= 0.6 is 11.8 Å². The lowest BCUT2D eigenvalue weighted by Gasteiger charge is -2.45. The van der Waals surface area contributed by atoms with E-state index in [0.717, 1.165) is 6.04 Å².